The van der Waals surface area contributed by atoms with Crippen molar-refractivity contribution in [2.75, 3.05) is 11.9 Å². The highest BCUT2D eigenvalue weighted by Crippen LogP contribution is 2.30. The van der Waals surface area contributed by atoms with E-state index in [4.69, 9.17) is 11.6 Å². The minimum Gasteiger partial charge on any atom is -0.361 e. The maximum atomic E-state index is 6.02. The summed E-state index contributed by atoms with van der Waals surface area (Å²) < 4.78 is 1.16. The van der Waals surface area contributed by atoms with E-state index in [-0.39, 0.29) is 0 Å². The third-order valence-electron chi connectivity index (χ3n) is 2.46. The van der Waals surface area contributed by atoms with Crippen molar-refractivity contribution in [3.63, 3.8) is 0 Å². The van der Waals surface area contributed by atoms with Gasteiger partial charge in [0.05, 0.1) is 10.2 Å². The van der Waals surface area contributed by atoms with Gasteiger partial charge in [0.2, 0.25) is 0 Å². The summed E-state index contributed by atoms with van der Waals surface area (Å²) in [5.41, 5.74) is 2.20. The molecule has 0 amide bonds. The fourth-order valence-corrected chi connectivity index (χ4v) is 2.95. The van der Waals surface area contributed by atoms with Crippen LogP contribution in [0.3, 0.4) is 0 Å². The van der Waals surface area contributed by atoms with Gasteiger partial charge in [-0.25, -0.2) is 4.98 Å². The molecule has 1 aromatic carbocycles. The summed E-state index contributed by atoms with van der Waals surface area (Å²) in [4.78, 5) is 4.57. The van der Waals surface area contributed by atoms with Crippen molar-refractivity contribution in [1.82, 2.24) is 4.98 Å². The van der Waals surface area contributed by atoms with E-state index in [1.807, 2.05) is 19.1 Å². The molecule has 0 radical (unpaired) electrons. The largest absolute Gasteiger partial charge is 0.361 e. The zero-order valence-corrected chi connectivity index (χ0v) is 11.1. The summed E-state index contributed by atoms with van der Waals surface area (Å²) in [5, 5.41) is 5.13. The molecule has 86 valence electrons. The lowest BCUT2D eigenvalue weighted by Gasteiger charge is -1.98. The Labute approximate surface area is 105 Å². The van der Waals surface area contributed by atoms with Gasteiger partial charge in [-0.15, -0.1) is 0 Å². The molecule has 2 nitrogen and oxygen atoms in total. The van der Waals surface area contributed by atoms with Gasteiger partial charge in [0.1, 0.15) is 0 Å². The number of aryl methyl sites for hydroxylation is 1. The normalized spacial score (nSPS) is 10.9. The minimum absolute atomic E-state index is 0.786. The topological polar surface area (TPSA) is 24.9 Å². The smallest absolute Gasteiger partial charge is 0.183 e. The molecule has 0 spiro atoms. The van der Waals surface area contributed by atoms with Crippen LogP contribution in [0.2, 0.25) is 5.02 Å². The molecule has 1 aromatic heterocycles. The lowest BCUT2D eigenvalue weighted by atomic mass is 10.2. The average Bonchev–Trinajstić information content (AvgIpc) is 2.61. The summed E-state index contributed by atoms with van der Waals surface area (Å²) in [7, 11) is 0. The van der Waals surface area contributed by atoms with Crippen molar-refractivity contribution in [3.8, 4) is 0 Å². The van der Waals surface area contributed by atoms with E-state index in [0.717, 1.165) is 32.5 Å². The second-order valence-electron chi connectivity index (χ2n) is 3.87. The quantitative estimate of drug-likeness (QED) is 0.815. The van der Waals surface area contributed by atoms with Gasteiger partial charge >= 0.3 is 0 Å². The van der Waals surface area contributed by atoms with E-state index < -0.39 is 0 Å². The Bertz CT molecular complexity index is 493. The van der Waals surface area contributed by atoms with E-state index in [1.54, 1.807) is 11.3 Å². The number of nitrogens with one attached hydrogen (secondary N) is 1. The standard InChI is InChI=1S/C12H15ClN2S/c1-3-4-5-14-12-15-11-8(2)6-9(13)7-10(11)16-12/h6-7H,3-5H2,1-2H3,(H,14,15). The van der Waals surface area contributed by atoms with Crippen LogP contribution in [0.5, 0.6) is 0 Å². The predicted molar refractivity (Wildman–Crippen MR) is 72.8 cm³/mol. The predicted octanol–water partition coefficient (Wildman–Crippen LogP) is 4.47. The highest BCUT2D eigenvalue weighted by atomic mass is 35.5. The number of unbranched alkanes of at least 4 members (excludes halogenated alkanes) is 1. The van der Waals surface area contributed by atoms with Crippen LogP contribution in [-0.2, 0) is 0 Å². The number of anilines is 1. The molecule has 0 atom stereocenters. The molecule has 2 rings (SSSR count). The molecule has 0 fully saturated rings. The summed E-state index contributed by atoms with van der Waals surface area (Å²) in [6, 6.07) is 3.94. The highest BCUT2D eigenvalue weighted by Gasteiger charge is 2.06. The number of halogens is 1. The first-order valence-electron chi connectivity index (χ1n) is 5.51. The van der Waals surface area contributed by atoms with Gasteiger partial charge in [0, 0.05) is 11.6 Å². The molecule has 0 aliphatic heterocycles. The number of fused-ring (bicyclic) bond motifs is 1. The van der Waals surface area contributed by atoms with E-state index in [9.17, 15) is 0 Å². The maximum absolute atomic E-state index is 6.02. The monoisotopic (exact) mass is 254 g/mol. The molecule has 0 saturated heterocycles. The zero-order valence-electron chi connectivity index (χ0n) is 9.51. The molecule has 1 heterocycles. The Morgan fingerprint density at radius 2 is 2.25 bits per heavy atom. The highest BCUT2D eigenvalue weighted by molar-refractivity contribution is 7.22. The first-order valence-corrected chi connectivity index (χ1v) is 6.70. The van der Waals surface area contributed by atoms with Crippen LogP contribution >= 0.6 is 22.9 Å². The number of thiazole rings is 1. The van der Waals surface area contributed by atoms with E-state index in [1.165, 1.54) is 12.8 Å². The summed E-state index contributed by atoms with van der Waals surface area (Å²) in [5.74, 6) is 0. The van der Waals surface area contributed by atoms with Crippen LogP contribution in [0, 0.1) is 6.92 Å². The average molecular weight is 255 g/mol. The summed E-state index contributed by atoms with van der Waals surface area (Å²) >= 11 is 7.69. The number of rotatable bonds is 4. The Kier molecular flexibility index (Phi) is 3.66. The molecule has 4 heteroatoms. The molecule has 0 bridgehead atoms. The Hall–Kier alpha value is -0.800. The van der Waals surface area contributed by atoms with E-state index >= 15 is 0 Å². The van der Waals surface area contributed by atoms with Crippen molar-refractivity contribution in [1.29, 1.82) is 0 Å². The van der Waals surface area contributed by atoms with Crippen LogP contribution in [0.15, 0.2) is 12.1 Å². The number of hydrogen-bond acceptors (Lipinski definition) is 3. The van der Waals surface area contributed by atoms with Crippen LogP contribution in [0.1, 0.15) is 25.3 Å². The number of hydrogen-bond donors (Lipinski definition) is 1. The van der Waals surface area contributed by atoms with Gasteiger partial charge in [0.25, 0.3) is 0 Å². The maximum Gasteiger partial charge on any atom is 0.183 e. The summed E-state index contributed by atoms with van der Waals surface area (Å²) in [6.07, 6.45) is 2.37. The lowest BCUT2D eigenvalue weighted by molar-refractivity contribution is 0.833. The molecule has 1 N–H and O–H groups in total. The Morgan fingerprint density at radius 3 is 3.00 bits per heavy atom. The SMILES string of the molecule is CCCCNc1nc2c(C)cc(Cl)cc2s1. The molecule has 16 heavy (non-hydrogen) atoms. The fraction of sp³-hybridized carbons (Fsp3) is 0.417. The van der Waals surface area contributed by atoms with Gasteiger partial charge in [-0.2, -0.15) is 0 Å². The third-order valence-corrected chi connectivity index (χ3v) is 3.64. The zero-order chi connectivity index (χ0) is 11.5. The van der Waals surface area contributed by atoms with Gasteiger partial charge in [-0.1, -0.05) is 36.3 Å². The van der Waals surface area contributed by atoms with Gasteiger partial charge in [-0.05, 0) is 31.0 Å². The second kappa shape index (κ2) is 5.02. The Balaban J connectivity index is 2.26. The molecule has 2 aromatic rings. The van der Waals surface area contributed by atoms with Crippen molar-refractivity contribution >= 4 is 38.3 Å². The third kappa shape index (κ3) is 2.47. The van der Waals surface area contributed by atoms with E-state index in [0.29, 0.717) is 0 Å². The van der Waals surface area contributed by atoms with Crippen LogP contribution in [0.25, 0.3) is 10.2 Å². The lowest BCUT2D eigenvalue weighted by Crippen LogP contribution is -1.99. The molecular weight excluding hydrogens is 240 g/mol. The van der Waals surface area contributed by atoms with Crippen molar-refractivity contribution in [2.24, 2.45) is 0 Å². The second-order valence-corrected chi connectivity index (χ2v) is 5.34. The molecular formula is C12H15ClN2S. The van der Waals surface area contributed by atoms with E-state index in [2.05, 4.69) is 17.2 Å². The molecule has 0 aliphatic carbocycles. The number of benzene rings is 1. The van der Waals surface area contributed by atoms with Gasteiger partial charge < -0.3 is 5.32 Å². The number of nitrogens with zero attached hydrogens (tertiary/aromatic N) is 1. The van der Waals surface area contributed by atoms with Crippen molar-refractivity contribution < 1.29 is 0 Å². The van der Waals surface area contributed by atoms with Crippen LogP contribution in [0.4, 0.5) is 5.13 Å². The molecule has 0 unspecified atom stereocenters. The van der Waals surface area contributed by atoms with Crippen molar-refractivity contribution in [2.45, 2.75) is 26.7 Å². The first-order chi connectivity index (χ1) is 7.70. The van der Waals surface area contributed by atoms with Gasteiger partial charge in [0.15, 0.2) is 5.13 Å². The Morgan fingerprint density at radius 1 is 1.44 bits per heavy atom. The van der Waals surface area contributed by atoms with Crippen molar-refractivity contribution in [3.05, 3.63) is 22.7 Å². The first kappa shape index (κ1) is 11.7. The van der Waals surface area contributed by atoms with Gasteiger partial charge in [-0.3, -0.25) is 0 Å². The summed E-state index contributed by atoms with van der Waals surface area (Å²) in [6.45, 7) is 5.22. The fourth-order valence-electron chi connectivity index (χ4n) is 1.60. The van der Waals surface area contributed by atoms with Crippen LogP contribution < -0.4 is 5.32 Å². The van der Waals surface area contributed by atoms with Crippen LogP contribution in [-0.4, -0.2) is 11.5 Å². The molecule has 0 aliphatic rings. The minimum atomic E-state index is 0.786. The molecule has 0 saturated carbocycles. The number of aromatic nitrogens is 1.